The van der Waals surface area contributed by atoms with Crippen LogP contribution in [0.5, 0.6) is 5.75 Å². The van der Waals surface area contributed by atoms with E-state index in [1.54, 1.807) is 12.3 Å². The Morgan fingerprint density at radius 2 is 1.81 bits per heavy atom. The zero-order valence-electron chi connectivity index (χ0n) is 18.6. The first-order valence-corrected chi connectivity index (χ1v) is 10.2. The average molecular weight is 433 g/mol. The topological polar surface area (TPSA) is 91.4 Å². The van der Waals surface area contributed by atoms with Crippen LogP contribution < -0.4 is 20.7 Å². The van der Waals surface area contributed by atoms with Crippen LogP contribution in [0.15, 0.2) is 67.4 Å². The molecule has 2 aromatic carbocycles. The number of anilines is 5. The highest BCUT2D eigenvalue weighted by Gasteiger charge is 2.07. The van der Waals surface area contributed by atoms with Crippen LogP contribution in [0.1, 0.15) is 5.56 Å². The van der Waals surface area contributed by atoms with Crippen LogP contribution in [0.2, 0.25) is 0 Å². The summed E-state index contributed by atoms with van der Waals surface area (Å²) in [5.41, 5.74) is 3.17. The lowest BCUT2D eigenvalue weighted by molar-refractivity contribution is -0.111. The Balaban J connectivity index is 1.71. The number of nitrogens with one attached hydrogen (secondary N) is 3. The number of hydrogen-bond donors (Lipinski definition) is 3. The standard InChI is InChI=1S/C24H28N6O2/c1-5-22(31)26-18-8-6-9-19(14-18)27-23-17(2)16-25-24(29-23)28-20-10-7-11-21(15-20)32-13-12-30(3)4/h5-11,14-16H,1,12-13H2,2-4H3,(H,26,31)(H2,25,27,28,29). The molecule has 0 unspecified atom stereocenters. The summed E-state index contributed by atoms with van der Waals surface area (Å²) in [6, 6.07) is 15.1. The van der Waals surface area contributed by atoms with Crippen molar-refractivity contribution in [3.63, 3.8) is 0 Å². The van der Waals surface area contributed by atoms with E-state index >= 15 is 0 Å². The molecule has 0 saturated heterocycles. The van der Waals surface area contributed by atoms with E-state index in [1.165, 1.54) is 6.08 Å². The van der Waals surface area contributed by atoms with Crippen LogP contribution in [0.3, 0.4) is 0 Å². The molecule has 0 aliphatic heterocycles. The lowest BCUT2D eigenvalue weighted by Gasteiger charge is -2.13. The first-order chi connectivity index (χ1) is 15.4. The van der Waals surface area contributed by atoms with Gasteiger partial charge in [0, 0.05) is 41.4 Å². The SMILES string of the molecule is C=CC(=O)Nc1cccc(Nc2nc(Nc3cccc(OCCN(C)C)c3)ncc2C)c1. The van der Waals surface area contributed by atoms with Gasteiger partial charge in [-0.15, -0.1) is 0 Å². The number of carbonyl (C=O) groups is 1. The molecule has 3 aromatic rings. The molecule has 166 valence electrons. The van der Waals surface area contributed by atoms with Gasteiger partial charge in [-0.25, -0.2) is 4.98 Å². The number of rotatable bonds is 10. The molecule has 3 N–H and O–H groups in total. The summed E-state index contributed by atoms with van der Waals surface area (Å²) >= 11 is 0. The van der Waals surface area contributed by atoms with Gasteiger partial charge in [-0.1, -0.05) is 18.7 Å². The lowest BCUT2D eigenvalue weighted by atomic mass is 10.2. The molecule has 0 aliphatic carbocycles. The van der Waals surface area contributed by atoms with E-state index < -0.39 is 0 Å². The molecule has 0 radical (unpaired) electrons. The fourth-order valence-electron chi connectivity index (χ4n) is 2.77. The molecule has 0 atom stereocenters. The lowest BCUT2D eigenvalue weighted by Crippen LogP contribution is -2.19. The minimum Gasteiger partial charge on any atom is -0.492 e. The molecule has 0 bridgehead atoms. The number of nitrogens with zero attached hydrogens (tertiary/aromatic N) is 3. The molecule has 0 fully saturated rings. The number of hydrogen-bond acceptors (Lipinski definition) is 7. The van der Waals surface area contributed by atoms with E-state index in [9.17, 15) is 4.79 Å². The Bertz CT molecular complexity index is 1080. The number of aromatic nitrogens is 2. The number of ether oxygens (including phenoxy) is 1. The van der Waals surface area contributed by atoms with Gasteiger partial charge in [-0.2, -0.15) is 4.98 Å². The van der Waals surface area contributed by atoms with E-state index in [-0.39, 0.29) is 5.91 Å². The number of benzene rings is 2. The normalized spacial score (nSPS) is 10.5. The van der Waals surface area contributed by atoms with E-state index in [0.29, 0.717) is 24.1 Å². The highest BCUT2D eigenvalue weighted by Crippen LogP contribution is 2.24. The molecule has 32 heavy (non-hydrogen) atoms. The third-order valence-corrected chi connectivity index (χ3v) is 4.45. The van der Waals surface area contributed by atoms with Crippen LogP contribution in [0.4, 0.5) is 28.8 Å². The molecule has 1 aromatic heterocycles. The minimum absolute atomic E-state index is 0.264. The highest BCUT2D eigenvalue weighted by atomic mass is 16.5. The third kappa shape index (κ3) is 6.82. The third-order valence-electron chi connectivity index (χ3n) is 4.45. The second-order valence-corrected chi connectivity index (χ2v) is 7.43. The Labute approximate surface area is 188 Å². The van der Waals surface area contributed by atoms with Gasteiger partial charge in [0.1, 0.15) is 18.2 Å². The molecular formula is C24H28N6O2. The molecule has 1 heterocycles. The Kier molecular flexibility index (Phi) is 7.77. The van der Waals surface area contributed by atoms with Crippen molar-refractivity contribution in [3.8, 4) is 5.75 Å². The van der Waals surface area contributed by atoms with Crippen LogP contribution in [0.25, 0.3) is 0 Å². The van der Waals surface area contributed by atoms with Crippen molar-refractivity contribution < 1.29 is 9.53 Å². The number of carbonyl (C=O) groups excluding carboxylic acids is 1. The summed E-state index contributed by atoms with van der Waals surface area (Å²) in [6.07, 6.45) is 2.98. The first-order valence-electron chi connectivity index (χ1n) is 10.2. The predicted octanol–water partition coefficient (Wildman–Crippen LogP) is 4.34. The Morgan fingerprint density at radius 3 is 2.56 bits per heavy atom. The van der Waals surface area contributed by atoms with Crippen LogP contribution >= 0.6 is 0 Å². The maximum absolute atomic E-state index is 11.5. The zero-order valence-corrected chi connectivity index (χ0v) is 18.6. The fraction of sp³-hybridized carbons (Fsp3) is 0.208. The van der Waals surface area contributed by atoms with Crippen molar-refractivity contribution >= 4 is 34.7 Å². The van der Waals surface area contributed by atoms with Gasteiger partial charge >= 0.3 is 0 Å². The highest BCUT2D eigenvalue weighted by molar-refractivity contribution is 5.99. The summed E-state index contributed by atoms with van der Waals surface area (Å²) < 4.78 is 5.79. The Hall–Kier alpha value is -3.91. The smallest absolute Gasteiger partial charge is 0.247 e. The number of amides is 1. The quantitative estimate of drug-likeness (QED) is 0.411. The second kappa shape index (κ2) is 10.9. The van der Waals surface area contributed by atoms with E-state index in [4.69, 9.17) is 4.74 Å². The van der Waals surface area contributed by atoms with Gasteiger partial charge in [0.15, 0.2) is 0 Å². The van der Waals surface area contributed by atoms with Crippen LogP contribution in [-0.4, -0.2) is 48.0 Å². The summed E-state index contributed by atoms with van der Waals surface area (Å²) in [4.78, 5) is 22.6. The maximum Gasteiger partial charge on any atom is 0.247 e. The minimum atomic E-state index is -0.264. The molecule has 0 spiro atoms. The van der Waals surface area contributed by atoms with Gasteiger partial charge in [0.05, 0.1) is 0 Å². The van der Waals surface area contributed by atoms with Gasteiger partial charge in [0.2, 0.25) is 11.9 Å². The van der Waals surface area contributed by atoms with Crippen molar-refractivity contribution in [2.75, 3.05) is 43.2 Å². The van der Waals surface area contributed by atoms with Crippen molar-refractivity contribution in [1.29, 1.82) is 0 Å². The number of likely N-dealkylation sites (N-methyl/N-ethyl adjacent to an activating group) is 1. The largest absolute Gasteiger partial charge is 0.492 e. The van der Waals surface area contributed by atoms with Crippen molar-refractivity contribution in [2.45, 2.75) is 6.92 Å². The van der Waals surface area contributed by atoms with Crippen molar-refractivity contribution in [3.05, 3.63) is 72.9 Å². The molecule has 1 amide bonds. The molecule has 3 rings (SSSR count). The van der Waals surface area contributed by atoms with Gasteiger partial charge < -0.3 is 25.6 Å². The van der Waals surface area contributed by atoms with Crippen LogP contribution in [-0.2, 0) is 4.79 Å². The molecule has 0 aliphatic rings. The average Bonchev–Trinajstić information content (AvgIpc) is 2.76. The Morgan fingerprint density at radius 1 is 1.09 bits per heavy atom. The molecule has 8 heteroatoms. The fourth-order valence-corrected chi connectivity index (χ4v) is 2.77. The molecule has 0 saturated carbocycles. The molecule has 8 nitrogen and oxygen atoms in total. The monoisotopic (exact) mass is 432 g/mol. The molecular weight excluding hydrogens is 404 g/mol. The van der Waals surface area contributed by atoms with Crippen molar-refractivity contribution in [2.24, 2.45) is 0 Å². The van der Waals surface area contributed by atoms with Gasteiger partial charge in [0.25, 0.3) is 0 Å². The summed E-state index contributed by atoms with van der Waals surface area (Å²) in [7, 11) is 4.02. The van der Waals surface area contributed by atoms with Gasteiger partial charge in [-0.05, 0) is 57.4 Å². The van der Waals surface area contributed by atoms with E-state index in [0.717, 1.165) is 29.2 Å². The van der Waals surface area contributed by atoms with E-state index in [2.05, 4.69) is 37.4 Å². The van der Waals surface area contributed by atoms with Crippen LogP contribution in [0, 0.1) is 6.92 Å². The zero-order chi connectivity index (χ0) is 22.9. The predicted molar refractivity (Wildman–Crippen MR) is 129 cm³/mol. The second-order valence-electron chi connectivity index (χ2n) is 7.43. The summed E-state index contributed by atoms with van der Waals surface area (Å²) in [6.45, 7) is 6.84. The summed E-state index contributed by atoms with van der Waals surface area (Å²) in [5.74, 6) is 1.63. The summed E-state index contributed by atoms with van der Waals surface area (Å²) in [5, 5.41) is 9.25. The number of aryl methyl sites for hydroxylation is 1. The van der Waals surface area contributed by atoms with E-state index in [1.807, 2.05) is 63.5 Å². The first kappa shape index (κ1) is 22.8. The maximum atomic E-state index is 11.5. The van der Waals surface area contributed by atoms with Crippen molar-refractivity contribution in [1.82, 2.24) is 14.9 Å². The van der Waals surface area contributed by atoms with Gasteiger partial charge in [-0.3, -0.25) is 4.79 Å².